The van der Waals surface area contributed by atoms with Crippen LogP contribution >= 0.6 is 0 Å². The lowest BCUT2D eigenvalue weighted by molar-refractivity contribution is -0.0580. The minimum Gasteiger partial charge on any atom is -0.507 e. The molecule has 2 aromatic carbocycles. The molecule has 4 aliphatic heterocycles. The van der Waals surface area contributed by atoms with Crippen LogP contribution in [0.15, 0.2) is 12.1 Å². The first-order valence-electron chi connectivity index (χ1n) is 13.9. The number of epoxide rings is 2. The van der Waals surface area contributed by atoms with E-state index in [1.165, 1.54) is 12.1 Å². The third kappa shape index (κ3) is 2.63. The van der Waals surface area contributed by atoms with Crippen molar-refractivity contribution in [2.24, 2.45) is 0 Å². The Morgan fingerprint density at radius 1 is 0.705 bits per heavy atom. The summed E-state index contributed by atoms with van der Waals surface area (Å²) in [5, 5.41) is 46.8. The number of aliphatic hydroxyl groups is 2. The van der Waals surface area contributed by atoms with Gasteiger partial charge >= 0.3 is 11.9 Å². The lowest BCUT2D eigenvalue weighted by atomic mass is 9.63. The van der Waals surface area contributed by atoms with Crippen molar-refractivity contribution in [3.63, 3.8) is 0 Å². The minimum absolute atomic E-state index is 0.173. The molecule has 8 unspecified atom stereocenters. The molecular weight excluding hydrogens is 584 g/mol. The van der Waals surface area contributed by atoms with Gasteiger partial charge in [0.25, 0.3) is 11.6 Å². The fraction of sp³-hybridized carbons (Fsp3) is 0.467. The second kappa shape index (κ2) is 8.02. The number of carbonyl (C=O) groups excluding carboxylic acids is 4. The summed E-state index contributed by atoms with van der Waals surface area (Å²) < 4.78 is 33.6. The van der Waals surface area contributed by atoms with Crippen LogP contribution in [0.1, 0.15) is 89.7 Å². The number of aliphatic hydroxyl groups excluding tert-OH is 2. The molecule has 2 aromatic rings. The van der Waals surface area contributed by atoms with Gasteiger partial charge in [-0.2, -0.15) is 0 Å². The number of fused-ring (bicyclic) bond motifs is 7. The van der Waals surface area contributed by atoms with Crippen LogP contribution in [0.3, 0.4) is 0 Å². The molecule has 230 valence electrons. The Morgan fingerprint density at radius 3 is 1.41 bits per heavy atom. The Morgan fingerprint density at radius 2 is 1.07 bits per heavy atom. The van der Waals surface area contributed by atoms with Gasteiger partial charge in [-0.15, -0.1) is 0 Å². The SMILES string of the molecule is COC12OC1(C13OC1(OC)C(=O)c1cc4c(c(O)c1C3O)C(=O)OC(C)C4)C(O)c1c(cc3c(c1O)C(=O)OC(C)C3)C2=O. The predicted molar refractivity (Wildman–Crippen MR) is 139 cm³/mol. The van der Waals surface area contributed by atoms with Gasteiger partial charge in [0.05, 0.1) is 0 Å². The molecule has 0 radical (unpaired) electrons. The van der Waals surface area contributed by atoms with Gasteiger partial charge in [-0.05, 0) is 37.1 Å². The van der Waals surface area contributed by atoms with Gasteiger partial charge in [0.15, 0.2) is 0 Å². The first-order chi connectivity index (χ1) is 20.8. The van der Waals surface area contributed by atoms with Crippen LogP contribution < -0.4 is 0 Å². The third-order valence-corrected chi connectivity index (χ3v) is 9.92. The second-order valence-electron chi connectivity index (χ2n) is 12.1. The molecule has 8 rings (SSSR count). The summed E-state index contributed by atoms with van der Waals surface area (Å²) in [6, 6.07) is 2.69. The van der Waals surface area contributed by atoms with Gasteiger partial charge < -0.3 is 48.8 Å². The lowest BCUT2D eigenvalue weighted by Gasteiger charge is -2.40. The maximum atomic E-state index is 14.2. The first-order valence-corrected chi connectivity index (χ1v) is 13.9. The molecule has 4 heterocycles. The van der Waals surface area contributed by atoms with E-state index in [2.05, 4.69) is 0 Å². The van der Waals surface area contributed by atoms with Crippen molar-refractivity contribution < 1.29 is 68.0 Å². The molecule has 2 fully saturated rings. The topological polar surface area (TPSA) is 211 Å². The average Bonchev–Trinajstić information content (AvgIpc) is 3.85. The molecule has 44 heavy (non-hydrogen) atoms. The number of cyclic esters (lactones) is 2. The zero-order chi connectivity index (χ0) is 31.5. The number of esters is 2. The Hall–Kier alpha value is -3.92. The summed E-state index contributed by atoms with van der Waals surface area (Å²) in [7, 11) is 2.22. The third-order valence-electron chi connectivity index (χ3n) is 9.92. The number of ketones is 2. The Bertz CT molecular complexity index is 1670. The van der Waals surface area contributed by atoms with Gasteiger partial charge in [-0.1, -0.05) is 0 Å². The molecule has 0 amide bonds. The van der Waals surface area contributed by atoms with Crippen LogP contribution in [0, 0.1) is 0 Å². The maximum Gasteiger partial charge on any atom is 0.342 e. The van der Waals surface area contributed by atoms with Crippen molar-refractivity contribution in [3.05, 3.63) is 56.6 Å². The summed E-state index contributed by atoms with van der Waals surface area (Å²) in [6.07, 6.45) is -4.89. The van der Waals surface area contributed by atoms with Crippen LogP contribution in [-0.4, -0.2) is 93.1 Å². The quantitative estimate of drug-likeness (QED) is 0.278. The molecule has 0 saturated carbocycles. The van der Waals surface area contributed by atoms with Crippen molar-refractivity contribution in [2.75, 3.05) is 14.2 Å². The zero-order valence-electron chi connectivity index (χ0n) is 23.7. The van der Waals surface area contributed by atoms with E-state index >= 15 is 0 Å². The number of ether oxygens (including phenoxy) is 6. The molecule has 14 nitrogen and oxygen atoms in total. The molecule has 14 heteroatoms. The molecule has 4 N–H and O–H groups in total. The number of benzene rings is 2. The molecule has 0 aromatic heterocycles. The Balaban J connectivity index is 1.37. The average molecular weight is 611 g/mol. The number of hydrogen-bond acceptors (Lipinski definition) is 14. The van der Waals surface area contributed by atoms with Crippen LogP contribution in [0.25, 0.3) is 0 Å². The van der Waals surface area contributed by atoms with Crippen LogP contribution in [0.2, 0.25) is 0 Å². The van der Waals surface area contributed by atoms with Gasteiger partial charge in [-0.3, -0.25) is 9.59 Å². The van der Waals surface area contributed by atoms with Crippen molar-refractivity contribution in [3.8, 4) is 11.5 Å². The number of carbonyl (C=O) groups is 4. The molecular formula is C30H26O14. The van der Waals surface area contributed by atoms with Crippen molar-refractivity contribution in [1.82, 2.24) is 0 Å². The van der Waals surface area contributed by atoms with Gasteiger partial charge in [0, 0.05) is 49.3 Å². The van der Waals surface area contributed by atoms with Gasteiger partial charge in [-0.25, -0.2) is 9.59 Å². The highest BCUT2D eigenvalue weighted by atomic mass is 16.9. The van der Waals surface area contributed by atoms with Crippen molar-refractivity contribution in [1.29, 1.82) is 0 Å². The predicted octanol–water partition coefficient (Wildman–Crippen LogP) is 0.684. The van der Waals surface area contributed by atoms with E-state index in [-0.39, 0.29) is 35.1 Å². The van der Waals surface area contributed by atoms with Crippen LogP contribution in [0.5, 0.6) is 11.5 Å². The first kappa shape index (κ1) is 27.6. The van der Waals surface area contributed by atoms with Crippen LogP contribution in [-0.2, 0) is 41.3 Å². The number of phenolic OH excluding ortho intramolecular Hbond substituents is 2. The van der Waals surface area contributed by atoms with Gasteiger partial charge in [0.2, 0.25) is 22.8 Å². The summed E-state index contributed by atoms with van der Waals surface area (Å²) in [5.74, 6) is -9.76. The molecule has 6 aliphatic rings. The maximum absolute atomic E-state index is 14.2. The fourth-order valence-electron chi connectivity index (χ4n) is 8.05. The van der Waals surface area contributed by atoms with E-state index < -0.39 is 93.3 Å². The Labute approximate surface area is 248 Å². The lowest BCUT2D eigenvalue weighted by Crippen LogP contribution is -2.61. The van der Waals surface area contributed by atoms with E-state index in [4.69, 9.17) is 28.4 Å². The second-order valence-corrected chi connectivity index (χ2v) is 12.1. The standard InChI is InChI=1S/C30H26O14/c1-9-5-11-7-13-17(19(31)15(11)25(37)41-9)23(35)27(29(39-3,43-27)21(13)33)28-24(36)18-14(22(34)30(28,40-4)44-28)8-12-6-10(2)42-26(38)16(12)20(18)32/h7-10,23-24,31-32,35-36H,5-6H2,1-4H3. The number of aromatic hydroxyl groups is 2. The molecule has 8 atom stereocenters. The molecule has 0 bridgehead atoms. The highest BCUT2D eigenvalue weighted by molar-refractivity contribution is 6.13. The number of phenols is 2. The number of rotatable bonds is 3. The summed E-state index contributed by atoms with van der Waals surface area (Å²) in [4.78, 5) is 53.9. The van der Waals surface area contributed by atoms with E-state index in [0.29, 0.717) is 11.1 Å². The molecule has 2 saturated heterocycles. The Kier molecular flexibility index (Phi) is 5.03. The normalized spacial score (nSPS) is 39.1. The zero-order valence-corrected chi connectivity index (χ0v) is 23.7. The monoisotopic (exact) mass is 610 g/mol. The van der Waals surface area contributed by atoms with Crippen LogP contribution in [0.4, 0.5) is 0 Å². The number of methoxy groups -OCH3 is 2. The van der Waals surface area contributed by atoms with Gasteiger partial charge in [0.1, 0.15) is 47.0 Å². The summed E-state index contributed by atoms with van der Waals surface area (Å²) in [6.45, 7) is 3.28. The number of hydrogen-bond donors (Lipinski definition) is 4. The minimum atomic E-state index is -2.46. The van der Waals surface area contributed by atoms with E-state index in [1.54, 1.807) is 13.8 Å². The molecule has 2 aliphatic carbocycles. The molecule has 0 spiro atoms. The van der Waals surface area contributed by atoms with Crippen molar-refractivity contribution in [2.45, 2.75) is 73.9 Å². The van der Waals surface area contributed by atoms with E-state index in [0.717, 1.165) is 14.2 Å². The summed E-state index contributed by atoms with van der Waals surface area (Å²) in [5.41, 5.74) is -6.13. The van der Waals surface area contributed by atoms with Crippen molar-refractivity contribution >= 4 is 23.5 Å². The number of Topliss-reactive ketones (excluding diaryl/α,β-unsaturated/α-hetero) is 2. The largest absolute Gasteiger partial charge is 0.507 e. The van der Waals surface area contributed by atoms with E-state index in [1.807, 2.05) is 0 Å². The summed E-state index contributed by atoms with van der Waals surface area (Å²) >= 11 is 0. The van der Waals surface area contributed by atoms with E-state index in [9.17, 15) is 39.6 Å². The smallest absolute Gasteiger partial charge is 0.342 e. The highest BCUT2D eigenvalue weighted by Gasteiger charge is 3.03. The fourth-order valence-corrected chi connectivity index (χ4v) is 8.05. The highest BCUT2D eigenvalue weighted by Crippen LogP contribution is 2.80.